The van der Waals surface area contributed by atoms with Crippen molar-refractivity contribution in [3.63, 3.8) is 0 Å². The molecule has 3 atom stereocenters. The smallest absolute Gasteiger partial charge is 0.326 e. The molecule has 0 saturated heterocycles. The van der Waals surface area contributed by atoms with Gasteiger partial charge in [0, 0.05) is 0 Å². The van der Waals surface area contributed by atoms with Gasteiger partial charge in [0.2, 0.25) is 23.6 Å². The molecule has 0 aliphatic rings. The summed E-state index contributed by atoms with van der Waals surface area (Å²) in [6, 6.07) is 5.60. The largest absolute Gasteiger partial charge is 0.480 e. The Hall–Kier alpha value is -3.12. The summed E-state index contributed by atoms with van der Waals surface area (Å²) in [6.45, 7) is -0.539. The molecule has 1 aromatic carbocycles. The van der Waals surface area contributed by atoms with Gasteiger partial charge in [0.25, 0.3) is 0 Å². The molecule has 0 saturated carbocycles. The number of amides is 4. The zero-order valence-electron chi connectivity index (χ0n) is 17.7. The van der Waals surface area contributed by atoms with Crippen molar-refractivity contribution in [2.24, 2.45) is 11.5 Å². The van der Waals surface area contributed by atoms with Crippen LogP contribution in [0.2, 0.25) is 0 Å². The van der Waals surface area contributed by atoms with Crippen molar-refractivity contribution in [1.29, 1.82) is 0 Å². The van der Waals surface area contributed by atoms with Gasteiger partial charge in [0.15, 0.2) is 0 Å². The van der Waals surface area contributed by atoms with Crippen LogP contribution in [0.1, 0.15) is 18.4 Å². The minimum Gasteiger partial charge on any atom is -0.480 e. The van der Waals surface area contributed by atoms with E-state index in [0.29, 0.717) is 5.75 Å². The summed E-state index contributed by atoms with van der Waals surface area (Å²) in [7, 11) is 0. The first kappa shape index (κ1) is 26.9. The van der Waals surface area contributed by atoms with Gasteiger partial charge in [0.05, 0.1) is 19.0 Å². The molecule has 11 nitrogen and oxygen atoms in total. The maximum Gasteiger partial charge on any atom is 0.326 e. The Labute approximate surface area is 190 Å². The molecular formula is C20H29N5O6S. The molecule has 0 fully saturated rings. The number of rotatable bonds is 14. The van der Waals surface area contributed by atoms with Gasteiger partial charge in [-0.25, -0.2) is 4.79 Å². The molecular weight excluding hydrogens is 438 g/mol. The van der Waals surface area contributed by atoms with Crippen molar-refractivity contribution in [1.82, 2.24) is 16.0 Å². The van der Waals surface area contributed by atoms with Gasteiger partial charge in [-0.3, -0.25) is 19.2 Å². The number of nitrogens with one attached hydrogen (secondary N) is 3. The molecule has 1 rings (SSSR count). The lowest BCUT2D eigenvalue weighted by atomic mass is 10.1. The molecule has 0 aliphatic heterocycles. The fourth-order valence-electron chi connectivity index (χ4n) is 2.68. The number of thioether (sulfide) groups is 1. The van der Waals surface area contributed by atoms with E-state index in [0.717, 1.165) is 5.56 Å². The first-order valence-corrected chi connectivity index (χ1v) is 11.2. The highest BCUT2D eigenvalue weighted by atomic mass is 32.2. The van der Waals surface area contributed by atoms with Crippen LogP contribution in [0.15, 0.2) is 30.3 Å². The number of carbonyl (C=O) groups is 5. The van der Waals surface area contributed by atoms with Crippen molar-refractivity contribution in [2.45, 2.75) is 37.4 Å². The molecule has 0 spiro atoms. The average molecular weight is 468 g/mol. The number of nitrogens with two attached hydrogens (primary N) is 2. The predicted octanol–water partition coefficient (Wildman–Crippen LogP) is -1.64. The second-order valence-corrected chi connectivity index (χ2v) is 7.97. The molecule has 1 aromatic rings. The molecule has 0 aromatic heterocycles. The molecule has 176 valence electrons. The van der Waals surface area contributed by atoms with E-state index in [2.05, 4.69) is 16.0 Å². The molecule has 0 bridgehead atoms. The average Bonchev–Trinajstić information content (AvgIpc) is 2.74. The Morgan fingerprint density at radius 2 is 1.69 bits per heavy atom. The van der Waals surface area contributed by atoms with Crippen molar-refractivity contribution in [3.05, 3.63) is 35.9 Å². The highest BCUT2D eigenvalue weighted by Crippen LogP contribution is 2.03. The Morgan fingerprint density at radius 3 is 2.25 bits per heavy atom. The maximum absolute atomic E-state index is 12.4. The summed E-state index contributed by atoms with van der Waals surface area (Å²) in [5.41, 5.74) is 11.9. The fraction of sp³-hybridized carbons (Fsp3) is 0.450. The Morgan fingerprint density at radius 1 is 1.03 bits per heavy atom. The third-order valence-corrected chi connectivity index (χ3v) is 4.98. The van der Waals surface area contributed by atoms with Gasteiger partial charge in [0.1, 0.15) is 12.1 Å². The number of benzene rings is 1. The number of carbonyl (C=O) groups excluding carboxylic acids is 4. The molecule has 8 N–H and O–H groups in total. The minimum atomic E-state index is -1.33. The summed E-state index contributed by atoms with van der Waals surface area (Å²) < 4.78 is 0. The second-order valence-electron chi connectivity index (χ2n) is 6.99. The molecule has 0 heterocycles. The Bertz CT molecular complexity index is 807. The monoisotopic (exact) mass is 467 g/mol. The van der Waals surface area contributed by atoms with E-state index >= 15 is 0 Å². The first-order chi connectivity index (χ1) is 15.1. The van der Waals surface area contributed by atoms with E-state index in [1.165, 1.54) is 11.8 Å². The quantitative estimate of drug-likeness (QED) is 0.187. The van der Waals surface area contributed by atoms with Gasteiger partial charge < -0.3 is 32.5 Å². The summed E-state index contributed by atoms with van der Waals surface area (Å²) in [6.07, 6.45) is 1.74. The number of primary amides is 1. The summed E-state index contributed by atoms with van der Waals surface area (Å²) in [5, 5.41) is 16.1. The van der Waals surface area contributed by atoms with Crippen LogP contribution < -0.4 is 27.4 Å². The lowest BCUT2D eigenvalue weighted by Crippen LogP contribution is -2.54. The van der Waals surface area contributed by atoms with Crippen LogP contribution in [-0.4, -0.2) is 71.4 Å². The van der Waals surface area contributed by atoms with Crippen LogP contribution >= 0.6 is 11.8 Å². The molecule has 0 aliphatic carbocycles. The lowest BCUT2D eigenvalue weighted by molar-refractivity contribution is -0.141. The third-order valence-electron chi connectivity index (χ3n) is 4.34. The topological polar surface area (TPSA) is 194 Å². The van der Waals surface area contributed by atoms with E-state index in [1.807, 2.05) is 6.07 Å². The second kappa shape index (κ2) is 14.0. The number of hydrogen-bond donors (Lipinski definition) is 6. The third kappa shape index (κ3) is 10.3. The van der Waals surface area contributed by atoms with Crippen molar-refractivity contribution < 1.29 is 29.1 Å². The van der Waals surface area contributed by atoms with Gasteiger partial charge >= 0.3 is 5.97 Å². The van der Waals surface area contributed by atoms with E-state index in [4.69, 9.17) is 16.6 Å². The van der Waals surface area contributed by atoms with Crippen molar-refractivity contribution in [3.8, 4) is 0 Å². The number of carboxylic acid groups (broad SMARTS) is 1. The highest BCUT2D eigenvalue weighted by molar-refractivity contribution is 7.98. The lowest BCUT2D eigenvalue weighted by Gasteiger charge is -2.20. The van der Waals surface area contributed by atoms with Gasteiger partial charge in [-0.2, -0.15) is 11.8 Å². The van der Waals surface area contributed by atoms with Gasteiger partial charge in [-0.15, -0.1) is 0 Å². The molecule has 32 heavy (non-hydrogen) atoms. The normalized spacial score (nSPS) is 13.3. The summed E-state index contributed by atoms with van der Waals surface area (Å²) >= 11 is 1.43. The van der Waals surface area contributed by atoms with Crippen LogP contribution in [0.25, 0.3) is 0 Å². The van der Waals surface area contributed by atoms with Crippen LogP contribution in [0.5, 0.6) is 0 Å². The van der Waals surface area contributed by atoms with Crippen molar-refractivity contribution in [2.75, 3.05) is 18.6 Å². The molecule has 0 radical (unpaired) electrons. The van der Waals surface area contributed by atoms with Crippen LogP contribution in [0.4, 0.5) is 0 Å². The zero-order valence-corrected chi connectivity index (χ0v) is 18.5. The van der Waals surface area contributed by atoms with E-state index in [1.54, 1.807) is 30.5 Å². The number of hydrogen-bond acceptors (Lipinski definition) is 7. The standard InChI is InChI=1S/C20H29N5O6S/c1-32-8-7-14(20(30)31)24-17(27)11-23-19(29)15(10-16(22)26)25-18(28)13(21)9-12-5-3-2-4-6-12/h2-6,13-15H,7-11,21H2,1H3,(H2,22,26)(H,23,29)(H,24,27)(H,25,28)(H,30,31). The first-order valence-electron chi connectivity index (χ1n) is 9.81. The van der Waals surface area contributed by atoms with Gasteiger partial charge in [-0.1, -0.05) is 30.3 Å². The van der Waals surface area contributed by atoms with E-state index in [9.17, 15) is 24.0 Å². The van der Waals surface area contributed by atoms with E-state index in [-0.39, 0.29) is 12.8 Å². The SMILES string of the molecule is CSCCC(NC(=O)CNC(=O)C(CC(N)=O)NC(=O)C(N)Cc1ccccc1)C(=O)O. The predicted molar refractivity (Wildman–Crippen MR) is 119 cm³/mol. The molecule has 12 heteroatoms. The highest BCUT2D eigenvalue weighted by Gasteiger charge is 2.26. The maximum atomic E-state index is 12.4. The number of carboxylic acids is 1. The van der Waals surface area contributed by atoms with E-state index < -0.39 is 60.7 Å². The Balaban J connectivity index is 2.65. The zero-order chi connectivity index (χ0) is 24.1. The summed E-state index contributed by atoms with van der Waals surface area (Å²) in [4.78, 5) is 59.3. The molecule has 4 amide bonds. The van der Waals surface area contributed by atoms with Crippen LogP contribution in [0.3, 0.4) is 0 Å². The minimum absolute atomic E-state index is 0.215. The van der Waals surface area contributed by atoms with Crippen molar-refractivity contribution >= 4 is 41.4 Å². The fourth-order valence-corrected chi connectivity index (χ4v) is 3.15. The van der Waals surface area contributed by atoms with Crippen LogP contribution in [0, 0.1) is 0 Å². The number of aliphatic carboxylic acids is 1. The van der Waals surface area contributed by atoms with Crippen LogP contribution in [-0.2, 0) is 30.4 Å². The summed E-state index contributed by atoms with van der Waals surface area (Å²) in [5.74, 6) is -3.71. The van der Waals surface area contributed by atoms with Gasteiger partial charge in [-0.05, 0) is 30.4 Å². The molecule has 3 unspecified atom stereocenters. The Kier molecular flexibility index (Phi) is 11.8.